The lowest BCUT2D eigenvalue weighted by Gasteiger charge is -2.12. The first kappa shape index (κ1) is 25.4. The summed E-state index contributed by atoms with van der Waals surface area (Å²) in [5, 5.41) is 12.6. The van der Waals surface area contributed by atoms with Crippen molar-refractivity contribution in [1.29, 1.82) is 0 Å². The Morgan fingerprint density at radius 1 is 1.19 bits per heavy atom. The molecular weight excluding hydrogens is 494 g/mol. The van der Waals surface area contributed by atoms with E-state index in [1.807, 2.05) is 37.3 Å². The molecule has 1 aromatic carbocycles. The van der Waals surface area contributed by atoms with Crippen LogP contribution in [0.3, 0.4) is 0 Å². The number of nitrogens with zero attached hydrogens (tertiary/aromatic N) is 1. The third-order valence-electron chi connectivity index (χ3n) is 7.37. The Hall–Kier alpha value is -3.24. The maximum atomic E-state index is 12.9. The number of amides is 1. The molecule has 0 radical (unpaired) electrons. The highest BCUT2D eigenvalue weighted by atomic mass is 32.2. The highest BCUT2D eigenvalue weighted by molar-refractivity contribution is 7.88. The number of aryl methyl sites for hydroxylation is 1. The van der Waals surface area contributed by atoms with Crippen molar-refractivity contribution < 1.29 is 27.5 Å². The minimum atomic E-state index is -3.71. The summed E-state index contributed by atoms with van der Waals surface area (Å²) in [6.07, 6.45) is 4.08. The number of aromatic nitrogens is 1. The van der Waals surface area contributed by atoms with E-state index in [1.54, 1.807) is 7.05 Å². The van der Waals surface area contributed by atoms with Gasteiger partial charge in [-0.1, -0.05) is 29.8 Å². The van der Waals surface area contributed by atoms with Crippen LogP contribution >= 0.6 is 0 Å². The van der Waals surface area contributed by atoms with E-state index in [0.29, 0.717) is 48.1 Å². The van der Waals surface area contributed by atoms with Crippen LogP contribution in [0.25, 0.3) is 22.4 Å². The van der Waals surface area contributed by atoms with Crippen LogP contribution in [0.15, 0.2) is 34.7 Å². The van der Waals surface area contributed by atoms with Gasteiger partial charge in [-0.05, 0) is 63.0 Å². The topological polar surface area (TPSA) is 139 Å². The first-order chi connectivity index (χ1) is 17.6. The number of sulfonamides is 1. The third kappa shape index (κ3) is 5.26. The van der Waals surface area contributed by atoms with Crippen molar-refractivity contribution in [3.63, 3.8) is 0 Å². The van der Waals surface area contributed by atoms with Crippen molar-refractivity contribution in [2.45, 2.75) is 57.1 Å². The maximum absolute atomic E-state index is 12.9. The zero-order valence-corrected chi connectivity index (χ0v) is 21.8. The molecule has 2 aromatic heterocycles. The number of hydrogen-bond acceptors (Lipinski definition) is 6. The Balaban J connectivity index is 1.43. The van der Waals surface area contributed by atoms with Crippen LogP contribution in [0.1, 0.15) is 71.6 Å². The maximum Gasteiger partial charge on any atom is 0.309 e. The number of rotatable bonds is 11. The Kier molecular flexibility index (Phi) is 6.57. The largest absolute Gasteiger partial charge is 0.481 e. The van der Waals surface area contributed by atoms with Gasteiger partial charge >= 0.3 is 5.97 Å². The fraction of sp³-hybridized carbons (Fsp3) is 0.444. The van der Waals surface area contributed by atoms with Gasteiger partial charge in [-0.2, -0.15) is 0 Å². The minimum Gasteiger partial charge on any atom is -0.481 e. The molecule has 3 N–H and O–H groups in total. The van der Waals surface area contributed by atoms with Gasteiger partial charge in [0.25, 0.3) is 5.91 Å². The number of nitrogens with one attached hydrogen (secondary N) is 2. The van der Waals surface area contributed by atoms with Crippen molar-refractivity contribution in [2.24, 2.45) is 5.41 Å². The Labute approximate surface area is 215 Å². The molecule has 37 heavy (non-hydrogen) atoms. The summed E-state index contributed by atoms with van der Waals surface area (Å²) < 4.78 is 34.5. The lowest BCUT2D eigenvalue weighted by molar-refractivity contribution is -0.143. The van der Waals surface area contributed by atoms with Gasteiger partial charge in [-0.25, -0.2) is 18.1 Å². The van der Waals surface area contributed by atoms with Crippen LogP contribution in [-0.2, 0) is 20.6 Å². The molecule has 9 nitrogen and oxygen atoms in total. The van der Waals surface area contributed by atoms with Crippen LogP contribution in [-0.4, -0.2) is 44.0 Å². The summed E-state index contributed by atoms with van der Waals surface area (Å²) in [6.45, 7) is 2.15. The zero-order chi connectivity index (χ0) is 26.4. The van der Waals surface area contributed by atoms with E-state index in [-0.39, 0.29) is 29.8 Å². The second-order valence-electron chi connectivity index (χ2n) is 10.2. The first-order valence-electron chi connectivity index (χ1n) is 12.6. The fourth-order valence-corrected chi connectivity index (χ4v) is 5.95. The zero-order valence-electron chi connectivity index (χ0n) is 21.0. The number of aliphatic carboxylic acids is 1. The van der Waals surface area contributed by atoms with Crippen molar-refractivity contribution in [2.75, 3.05) is 13.6 Å². The molecule has 0 bridgehead atoms. The van der Waals surface area contributed by atoms with E-state index in [2.05, 4.69) is 15.0 Å². The van der Waals surface area contributed by atoms with Crippen molar-refractivity contribution >= 4 is 33.0 Å². The molecule has 3 aromatic rings. The molecular formula is C27H31N3O6S. The lowest BCUT2D eigenvalue weighted by Crippen LogP contribution is -2.28. The van der Waals surface area contributed by atoms with Gasteiger partial charge < -0.3 is 14.8 Å². The number of carboxylic acids is 1. The van der Waals surface area contributed by atoms with Crippen LogP contribution in [0.2, 0.25) is 0 Å². The molecule has 2 aliphatic carbocycles. The molecule has 0 unspecified atom stereocenters. The molecule has 2 fully saturated rings. The number of carbonyl (C=O) groups excluding carboxylic acids is 1. The molecule has 2 saturated carbocycles. The molecule has 1 amide bonds. The quantitative estimate of drug-likeness (QED) is 0.320. The average molecular weight is 526 g/mol. The number of benzene rings is 1. The van der Waals surface area contributed by atoms with Gasteiger partial charge in [-0.15, -0.1) is 0 Å². The smallest absolute Gasteiger partial charge is 0.309 e. The number of carboxylic acid groups (broad SMARTS) is 1. The fourth-order valence-electron chi connectivity index (χ4n) is 4.80. The summed E-state index contributed by atoms with van der Waals surface area (Å²) in [5.41, 5.74) is 2.98. The average Bonchev–Trinajstić information content (AvgIpc) is 3.79. The standard InChI is InChI=1S/C27H31N3O6S/c1-16-4-6-18(7-5-16)23-22(24(31)28-2)20-14-19(17-8-9-17)21(30-25(20)36-23)15-37(34,35)29-13-3-10-27(11-12-27)26(32)33/h4-7,14,17,29H,3,8-13,15H2,1-2H3,(H,28,31)(H,32,33). The van der Waals surface area contributed by atoms with Gasteiger partial charge in [0.05, 0.1) is 22.1 Å². The minimum absolute atomic E-state index is 0.178. The van der Waals surface area contributed by atoms with Gasteiger partial charge in [0.15, 0.2) is 0 Å². The lowest BCUT2D eigenvalue weighted by atomic mass is 10.0. The Bertz CT molecular complexity index is 1470. The van der Waals surface area contributed by atoms with Crippen molar-refractivity contribution in [3.8, 4) is 11.3 Å². The number of pyridine rings is 1. The van der Waals surface area contributed by atoms with Crippen LogP contribution < -0.4 is 10.0 Å². The second kappa shape index (κ2) is 9.57. The van der Waals surface area contributed by atoms with Gasteiger partial charge in [0.2, 0.25) is 15.7 Å². The summed E-state index contributed by atoms with van der Waals surface area (Å²) >= 11 is 0. The molecule has 0 atom stereocenters. The normalized spacial score (nSPS) is 16.6. The van der Waals surface area contributed by atoms with Gasteiger partial charge in [0.1, 0.15) is 11.5 Å². The van der Waals surface area contributed by atoms with Gasteiger partial charge in [0, 0.05) is 19.2 Å². The highest BCUT2D eigenvalue weighted by Crippen LogP contribution is 2.49. The van der Waals surface area contributed by atoms with Crippen molar-refractivity contribution in [3.05, 3.63) is 52.7 Å². The molecule has 0 spiro atoms. The van der Waals surface area contributed by atoms with E-state index >= 15 is 0 Å². The van der Waals surface area contributed by atoms with Crippen LogP contribution in [0.4, 0.5) is 0 Å². The van der Waals surface area contributed by atoms with Crippen molar-refractivity contribution in [1.82, 2.24) is 15.0 Å². The summed E-state index contributed by atoms with van der Waals surface area (Å²) in [5.74, 6) is -0.817. The number of furan rings is 1. The van der Waals surface area contributed by atoms with E-state index < -0.39 is 21.4 Å². The number of hydrogen-bond donors (Lipinski definition) is 3. The number of carbonyl (C=O) groups is 2. The Morgan fingerprint density at radius 2 is 1.89 bits per heavy atom. The monoisotopic (exact) mass is 525 g/mol. The molecule has 0 aliphatic heterocycles. The highest BCUT2D eigenvalue weighted by Gasteiger charge is 2.49. The van der Waals surface area contributed by atoms with E-state index in [9.17, 15) is 23.1 Å². The van der Waals surface area contributed by atoms with E-state index in [1.165, 1.54) is 0 Å². The predicted octanol–water partition coefficient (Wildman–Crippen LogP) is 4.10. The molecule has 0 saturated heterocycles. The van der Waals surface area contributed by atoms with Crippen LogP contribution in [0, 0.1) is 12.3 Å². The molecule has 10 heteroatoms. The summed E-state index contributed by atoms with van der Waals surface area (Å²) in [7, 11) is -2.15. The Morgan fingerprint density at radius 3 is 2.49 bits per heavy atom. The molecule has 2 aliphatic rings. The molecule has 5 rings (SSSR count). The first-order valence-corrected chi connectivity index (χ1v) is 14.2. The van der Waals surface area contributed by atoms with Gasteiger partial charge in [-0.3, -0.25) is 9.59 Å². The van der Waals surface area contributed by atoms with E-state index in [0.717, 1.165) is 29.5 Å². The molecule has 2 heterocycles. The molecule has 196 valence electrons. The third-order valence-corrected chi connectivity index (χ3v) is 8.67. The SMILES string of the molecule is CNC(=O)c1c(-c2ccc(C)cc2)oc2nc(CS(=O)(=O)NCCCC3(C(=O)O)CC3)c(C3CC3)cc12. The summed E-state index contributed by atoms with van der Waals surface area (Å²) in [6, 6.07) is 9.49. The van der Waals surface area contributed by atoms with Crippen LogP contribution in [0.5, 0.6) is 0 Å². The predicted molar refractivity (Wildman–Crippen MR) is 139 cm³/mol. The van der Waals surface area contributed by atoms with E-state index in [4.69, 9.17) is 4.42 Å². The number of fused-ring (bicyclic) bond motifs is 1. The summed E-state index contributed by atoms with van der Waals surface area (Å²) in [4.78, 5) is 28.8. The second-order valence-corrected chi connectivity index (χ2v) is 12.1.